The van der Waals surface area contributed by atoms with Crippen LogP contribution in [0, 0.1) is 17.3 Å². The lowest BCUT2D eigenvalue weighted by atomic mass is 9.70. The lowest BCUT2D eigenvalue weighted by Gasteiger charge is -2.36. The minimum Gasteiger partial charge on any atom is -0.457 e. The van der Waals surface area contributed by atoms with Crippen molar-refractivity contribution in [3.8, 4) is 0 Å². The van der Waals surface area contributed by atoms with Crippen LogP contribution in [-0.4, -0.2) is 18.4 Å². The van der Waals surface area contributed by atoms with E-state index in [2.05, 4.69) is 20.8 Å². The van der Waals surface area contributed by atoms with E-state index in [1.807, 2.05) is 0 Å². The van der Waals surface area contributed by atoms with Crippen molar-refractivity contribution in [1.82, 2.24) is 0 Å². The number of rotatable bonds is 4. The zero-order valence-corrected chi connectivity index (χ0v) is 14.9. The Morgan fingerprint density at radius 3 is 2.17 bits per heavy atom. The Bertz CT molecular complexity index is 549. The van der Waals surface area contributed by atoms with Crippen LogP contribution in [0.1, 0.15) is 56.8 Å². The Balaban J connectivity index is 1.79. The number of hydrogen-bond acceptors (Lipinski definition) is 3. The molecule has 23 heavy (non-hydrogen) atoms. The molecule has 4 heteroatoms. The van der Waals surface area contributed by atoms with Gasteiger partial charge in [-0.2, -0.15) is 0 Å². The largest absolute Gasteiger partial charge is 0.457 e. The first-order valence-corrected chi connectivity index (χ1v) is 8.60. The zero-order valence-electron chi connectivity index (χ0n) is 14.1. The lowest BCUT2D eigenvalue weighted by Crippen LogP contribution is -2.30. The van der Waals surface area contributed by atoms with Gasteiger partial charge in [0.2, 0.25) is 0 Å². The highest BCUT2D eigenvalue weighted by atomic mass is 35.5. The number of esters is 1. The molecule has 1 aliphatic rings. The van der Waals surface area contributed by atoms with E-state index in [9.17, 15) is 9.59 Å². The molecule has 0 radical (unpaired) electrons. The second-order valence-electron chi connectivity index (χ2n) is 7.45. The number of carbonyl (C=O) groups is 2. The summed E-state index contributed by atoms with van der Waals surface area (Å²) in [5.41, 5.74) is 0.804. The van der Waals surface area contributed by atoms with Gasteiger partial charge >= 0.3 is 5.97 Å². The average Bonchev–Trinajstić information content (AvgIpc) is 2.52. The number of carbonyl (C=O) groups excluding carboxylic acids is 2. The summed E-state index contributed by atoms with van der Waals surface area (Å²) in [6.45, 7) is 6.56. The predicted molar refractivity (Wildman–Crippen MR) is 91.6 cm³/mol. The summed E-state index contributed by atoms with van der Waals surface area (Å²) < 4.78 is 5.23. The Kier molecular flexibility index (Phi) is 5.85. The highest BCUT2D eigenvalue weighted by Gasteiger charge is 2.33. The van der Waals surface area contributed by atoms with Crippen LogP contribution < -0.4 is 0 Å². The van der Waals surface area contributed by atoms with Gasteiger partial charge < -0.3 is 4.74 Å². The predicted octanol–water partition coefficient (Wildman–Crippen LogP) is 4.92. The molecule has 126 valence electrons. The molecular formula is C19H25ClO3. The maximum Gasteiger partial charge on any atom is 0.309 e. The van der Waals surface area contributed by atoms with Gasteiger partial charge in [-0.05, 0) is 61.3 Å². The second kappa shape index (κ2) is 7.48. The van der Waals surface area contributed by atoms with E-state index in [-0.39, 0.29) is 24.3 Å². The van der Waals surface area contributed by atoms with Crippen LogP contribution in [0.15, 0.2) is 24.3 Å². The van der Waals surface area contributed by atoms with Gasteiger partial charge in [-0.1, -0.05) is 32.4 Å². The summed E-state index contributed by atoms with van der Waals surface area (Å²) >= 11 is 5.79. The van der Waals surface area contributed by atoms with Crippen LogP contribution in [0.3, 0.4) is 0 Å². The molecule has 1 saturated carbocycles. The normalized spacial score (nSPS) is 21.7. The van der Waals surface area contributed by atoms with E-state index in [4.69, 9.17) is 16.3 Å². The summed E-state index contributed by atoms with van der Waals surface area (Å²) in [7, 11) is 0. The van der Waals surface area contributed by atoms with Crippen LogP contribution in [0.4, 0.5) is 0 Å². The van der Waals surface area contributed by atoms with Crippen molar-refractivity contribution in [2.75, 3.05) is 6.61 Å². The first-order chi connectivity index (χ1) is 10.8. The van der Waals surface area contributed by atoms with Crippen molar-refractivity contribution >= 4 is 23.4 Å². The molecule has 3 nitrogen and oxygen atoms in total. The average molecular weight is 337 g/mol. The summed E-state index contributed by atoms with van der Waals surface area (Å²) in [6.07, 6.45) is 3.81. The minimum atomic E-state index is -0.236. The Hall–Kier alpha value is -1.35. The molecule has 0 aliphatic heterocycles. The van der Waals surface area contributed by atoms with E-state index in [1.165, 1.54) is 0 Å². The monoisotopic (exact) mass is 336 g/mol. The third-order valence-corrected chi connectivity index (χ3v) is 5.05. The number of benzene rings is 1. The first kappa shape index (κ1) is 18.0. The third-order valence-electron chi connectivity index (χ3n) is 4.80. The SMILES string of the molecule is CC(C)(C)C1CCC(C(=O)OCC(=O)c2ccc(Cl)cc2)CC1. The fourth-order valence-corrected chi connectivity index (χ4v) is 3.29. The summed E-state index contributed by atoms with van der Waals surface area (Å²) in [5, 5.41) is 0.578. The Labute approximate surface area is 143 Å². The van der Waals surface area contributed by atoms with Crippen molar-refractivity contribution in [1.29, 1.82) is 0 Å². The Morgan fingerprint density at radius 2 is 1.65 bits per heavy atom. The first-order valence-electron chi connectivity index (χ1n) is 8.23. The molecule has 1 aliphatic carbocycles. The third kappa shape index (κ3) is 5.07. The molecule has 0 N–H and O–H groups in total. The fourth-order valence-electron chi connectivity index (χ4n) is 3.17. The number of hydrogen-bond donors (Lipinski definition) is 0. The molecule has 0 atom stereocenters. The van der Waals surface area contributed by atoms with Crippen molar-refractivity contribution in [2.24, 2.45) is 17.3 Å². The lowest BCUT2D eigenvalue weighted by molar-refractivity contribution is -0.149. The maximum absolute atomic E-state index is 12.1. The topological polar surface area (TPSA) is 43.4 Å². The smallest absolute Gasteiger partial charge is 0.309 e. The van der Waals surface area contributed by atoms with E-state index in [0.29, 0.717) is 21.9 Å². The van der Waals surface area contributed by atoms with Crippen molar-refractivity contribution in [3.63, 3.8) is 0 Å². The molecule has 0 aromatic heterocycles. The number of ether oxygens (including phenoxy) is 1. The van der Waals surface area contributed by atoms with Crippen LogP contribution in [0.2, 0.25) is 5.02 Å². The van der Waals surface area contributed by atoms with Crippen molar-refractivity contribution in [2.45, 2.75) is 46.5 Å². The molecule has 0 heterocycles. The van der Waals surface area contributed by atoms with E-state index >= 15 is 0 Å². The maximum atomic E-state index is 12.1. The summed E-state index contributed by atoms with van der Waals surface area (Å²) in [5.74, 6) is 0.159. The number of halogens is 1. The molecule has 2 rings (SSSR count). The number of ketones is 1. The van der Waals surface area contributed by atoms with Gasteiger partial charge in [0.1, 0.15) is 0 Å². The van der Waals surface area contributed by atoms with Gasteiger partial charge in [0.05, 0.1) is 5.92 Å². The molecule has 1 aromatic carbocycles. The molecule has 0 bridgehead atoms. The van der Waals surface area contributed by atoms with Crippen LogP contribution in [0.5, 0.6) is 0 Å². The molecule has 1 aromatic rings. The van der Waals surface area contributed by atoms with Gasteiger partial charge in [-0.3, -0.25) is 9.59 Å². The molecule has 0 amide bonds. The summed E-state index contributed by atoms with van der Waals surface area (Å²) in [6, 6.07) is 6.61. The molecule has 0 saturated heterocycles. The molecule has 1 fully saturated rings. The molecular weight excluding hydrogens is 312 g/mol. The number of Topliss-reactive ketones (excluding diaryl/α,β-unsaturated/α-hetero) is 1. The van der Waals surface area contributed by atoms with Gasteiger partial charge in [0.15, 0.2) is 12.4 Å². The van der Waals surface area contributed by atoms with Gasteiger partial charge in [-0.15, -0.1) is 0 Å². The highest BCUT2D eigenvalue weighted by Crippen LogP contribution is 2.40. The quantitative estimate of drug-likeness (QED) is 0.579. The van der Waals surface area contributed by atoms with Crippen molar-refractivity contribution < 1.29 is 14.3 Å². The molecule has 0 unspecified atom stereocenters. The van der Waals surface area contributed by atoms with Gasteiger partial charge in [-0.25, -0.2) is 0 Å². The van der Waals surface area contributed by atoms with Crippen LogP contribution in [-0.2, 0) is 9.53 Å². The van der Waals surface area contributed by atoms with Crippen LogP contribution in [0.25, 0.3) is 0 Å². The fraction of sp³-hybridized carbons (Fsp3) is 0.579. The molecule has 0 spiro atoms. The standard InChI is InChI=1S/C19H25ClO3/c1-19(2,3)15-8-4-14(5-9-15)18(22)23-12-17(21)13-6-10-16(20)11-7-13/h6-7,10-11,14-15H,4-5,8-9,12H2,1-3H3. The highest BCUT2D eigenvalue weighted by molar-refractivity contribution is 6.30. The van der Waals surface area contributed by atoms with Crippen LogP contribution >= 0.6 is 11.6 Å². The summed E-state index contributed by atoms with van der Waals surface area (Å²) in [4.78, 5) is 24.2. The van der Waals surface area contributed by atoms with E-state index in [0.717, 1.165) is 25.7 Å². The van der Waals surface area contributed by atoms with E-state index < -0.39 is 0 Å². The van der Waals surface area contributed by atoms with E-state index in [1.54, 1.807) is 24.3 Å². The van der Waals surface area contributed by atoms with Crippen molar-refractivity contribution in [3.05, 3.63) is 34.9 Å². The zero-order chi connectivity index (χ0) is 17.0. The van der Waals surface area contributed by atoms with Gasteiger partial charge in [0, 0.05) is 10.6 Å². The minimum absolute atomic E-state index is 0.0633. The Morgan fingerprint density at radius 1 is 1.09 bits per heavy atom. The second-order valence-corrected chi connectivity index (χ2v) is 7.89. The van der Waals surface area contributed by atoms with Gasteiger partial charge in [0.25, 0.3) is 0 Å².